The number of ether oxygens (including phenoxy) is 1. The molecule has 0 N–H and O–H groups in total. The predicted octanol–water partition coefficient (Wildman–Crippen LogP) is 0.830. The number of pyridine rings is 1. The van der Waals surface area contributed by atoms with Crippen molar-refractivity contribution in [2.45, 2.75) is 32.1 Å². The molecular weight excluding hydrogens is 424 g/mol. The monoisotopic (exact) mass is 457 g/mol. The van der Waals surface area contributed by atoms with Crippen LogP contribution in [0.25, 0.3) is 0 Å². The van der Waals surface area contributed by atoms with E-state index in [0.717, 1.165) is 75.7 Å². The Morgan fingerprint density at radius 2 is 1.75 bits per heavy atom. The number of hydrogen-bond donors (Lipinski definition) is 0. The fraction of sp³-hybridized carbons (Fsp3) is 0.520. The van der Waals surface area contributed by atoms with Crippen molar-refractivity contribution in [1.29, 1.82) is 0 Å². The lowest BCUT2D eigenvalue weighted by Gasteiger charge is -2.37. The second-order valence-corrected chi connectivity index (χ2v) is 8.51. The Kier molecular flexibility index (Phi) is 9.18. The van der Waals surface area contributed by atoms with E-state index < -0.39 is 0 Å². The summed E-state index contributed by atoms with van der Waals surface area (Å²) in [6, 6.07) is 14.0. The molecule has 7 heteroatoms. The molecule has 1 saturated carbocycles. The molecule has 4 rings (SSSR count). The third kappa shape index (κ3) is 5.93. The van der Waals surface area contributed by atoms with Gasteiger partial charge in [-0.2, -0.15) is 0 Å². The first-order chi connectivity index (χ1) is 15.3. The van der Waals surface area contributed by atoms with Gasteiger partial charge in [0, 0.05) is 51.4 Å². The number of carbonyl (C=O) groups excluding carboxylic acids is 1. The summed E-state index contributed by atoms with van der Waals surface area (Å²) < 4.78 is 5.53. The molecule has 1 aromatic carbocycles. The third-order valence-electron chi connectivity index (χ3n) is 6.58. The Balaban J connectivity index is 0.00000289. The molecular formula is C25H34ClN4O2-. The number of aromatic nitrogens is 1. The smallest absolute Gasteiger partial charge is 0.231 e. The van der Waals surface area contributed by atoms with Gasteiger partial charge in [-0.15, -0.1) is 0 Å². The van der Waals surface area contributed by atoms with Gasteiger partial charge < -0.3 is 22.0 Å². The number of rotatable bonds is 7. The highest BCUT2D eigenvalue weighted by atomic mass is 35.5. The van der Waals surface area contributed by atoms with Crippen molar-refractivity contribution in [2.24, 2.45) is 5.92 Å². The molecule has 1 amide bonds. The first-order valence-electron chi connectivity index (χ1n) is 11.6. The van der Waals surface area contributed by atoms with Crippen LogP contribution in [-0.4, -0.2) is 62.2 Å². The van der Waals surface area contributed by atoms with E-state index in [1.165, 1.54) is 6.42 Å². The van der Waals surface area contributed by atoms with Crippen LogP contribution in [0.2, 0.25) is 0 Å². The van der Waals surface area contributed by atoms with Crippen molar-refractivity contribution in [2.75, 3.05) is 56.2 Å². The van der Waals surface area contributed by atoms with E-state index in [1.54, 1.807) is 13.3 Å². The van der Waals surface area contributed by atoms with Gasteiger partial charge in [0.25, 0.3) is 0 Å². The number of piperazine rings is 1. The van der Waals surface area contributed by atoms with Crippen molar-refractivity contribution in [1.82, 2.24) is 9.88 Å². The van der Waals surface area contributed by atoms with Crippen LogP contribution in [0.1, 0.15) is 32.1 Å². The number of carbonyl (C=O) groups is 1. The van der Waals surface area contributed by atoms with E-state index in [9.17, 15) is 4.79 Å². The Bertz CT molecular complexity index is 837. The molecule has 0 atom stereocenters. The van der Waals surface area contributed by atoms with Crippen LogP contribution in [0, 0.1) is 5.92 Å². The van der Waals surface area contributed by atoms with Gasteiger partial charge >= 0.3 is 0 Å². The number of halogens is 1. The molecule has 32 heavy (non-hydrogen) atoms. The molecule has 6 nitrogen and oxygen atoms in total. The maximum Gasteiger partial charge on any atom is 0.231 e. The minimum Gasteiger partial charge on any atom is -1.00 e. The SMILES string of the molecule is COc1ccccc1N1CCN(CCN(C(=O)C2CCCCC2)c2ccccn2)CC1.[Cl-]. The van der Waals surface area contributed by atoms with Crippen LogP contribution in [0.3, 0.4) is 0 Å². The number of methoxy groups -OCH3 is 1. The van der Waals surface area contributed by atoms with Gasteiger partial charge in [-0.3, -0.25) is 14.6 Å². The Hall–Kier alpha value is -2.31. The van der Waals surface area contributed by atoms with E-state index in [0.29, 0.717) is 6.54 Å². The van der Waals surface area contributed by atoms with Crippen LogP contribution in [0.15, 0.2) is 48.7 Å². The summed E-state index contributed by atoms with van der Waals surface area (Å²) in [7, 11) is 1.73. The summed E-state index contributed by atoms with van der Waals surface area (Å²) in [5.74, 6) is 2.12. The maximum atomic E-state index is 13.3. The highest BCUT2D eigenvalue weighted by Crippen LogP contribution is 2.29. The Morgan fingerprint density at radius 3 is 2.44 bits per heavy atom. The zero-order valence-corrected chi connectivity index (χ0v) is 19.7. The number of para-hydroxylation sites is 2. The van der Waals surface area contributed by atoms with E-state index >= 15 is 0 Å². The predicted molar refractivity (Wildman–Crippen MR) is 125 cm³/mol. The molecule has 1 aliphatic carbocycles. The van der Waals surface area contributed by atoms with Crippen molar-refractivity contribution in [3.8, 4) is 5.75 Å². The first kappa shape index (κ1) is 24.3. The quantitative estimate of drug-likeness (QED) is 0.616. The van der Waals surface area contributed by atoms with Gasteiger partial charge in [0.2, 0.25) is 5.91 Å². The highest BCUT2D eigenvalue weighted by Gasteiger charge is 2.28. The number of nitrogens with zero attached hydrogens (tertiary/aromatic N) is 4. The molecule has 0 unspecified atom stereocenters. The van der Waals surface area contributed by atoms with Crippen LogP contribution in [0.5, 0.6) is 5.75 Å². The lowest BCUT2D eigenvalue weighted by Crippen LogP contribution is -3.00. The summed E-state index contributed by atoms with van der Waals surface area (Å²) in [6.45, 7) is 5.44. The molecule has 2 aromatic rings. The summed E-state index contributed by atoms with van der Waals surface area (Å²) in [4.78, 5) is 24.6. The van der Waals surface area contributed by atoms with Crippen LogP contribution < -0.4 is 26.9 Å². The van der Waals surface area contributed by atoms with Gasteiger partial charge in [0.05, 0.1) is 12.8 Å². The zero-order chi connectivity index (χ0) is 21.5. The molecule has 0 radical (unpaired) electrons. The van der Waals surface area contributed by atoms with Gasteiger partial charge in [-0.05, 0) is 37.1 Å². The van der Waals surface area contributed by atoms with Gasteiger partial charge in [-0.1, -0.05) is 37.5 Å². The second kappa shape index (κ2) is 12.1. The third-order valence-corrected chi connectivity index (χ3v) is 6.58. The normalized spacial score (nSPS) is 17.5. The summed E-state index contributed by atoms with van der Waals surface area (Å²) in [5, 5.41) is 0. The fourth-order valence-corrected chi connectivity index (χ4v) is 4.77. The van der Waals surface area contributed by atoms with Gasteiger partial charge in [0.1, 0.15) is 11.6 Å². The van der Waals surface area contributed by atoms with Crippen LogP contribution >= 0.6 is 0 Å². The number of hydrogen-bond acceptors (Lipinski definition) is 5. The lowest BCUT2D eigenvalue weighted by molar-refractivity contribution is -0.123. The largest absolute Gasteiger partial charge is 1.00 e. The zero-order valence-electron chi connectivity index (χ0n) is 19.0. The van der Waals surface area contributed by atoms with E-state index in [2.05, 4.69) is 26.9 Å². The van der Waals surface area contributed by atoms with E-state index in [4.69, 9.17) is 4.74 Å². The van der Waals surface area contributed by atoms with E-state index in [-0.39, 0.29) is 24.2 Å². The molecule has 1 saturated heterocycles. The van der Waals surface area contributed by atoms with Crippen molar-refractivity contribution >= 4 is 17.4 Å². The topological polar surface area (TPSA) is 48.9 Å². The van der Waals surface area contributed by atoms with E-state index in [1.807, 2.05) is 35.2 Å². The van der Waals surface area contributed by atoms with Crippen molar-refractivity contribution in [3.63, 3.8) is 0 Å². The molecule has 2 fully saturated rings. The lowest BCUT2D eigenvalue weighted by atomic mass is 9.88. The maximum absolute atomic E-state index is 13.3. The number of anilines is 2. The van der Waals surface area contributed by atoms with Crippen molar-refractivity contribution in [3.05, 3.63) is 48.7 Å². The molecule has 0 spiro atoms. The molecule has 174 valence electrons. The first-order valence-corrected chi connectivity index (χ1v) is 11.6. The minimum atomic E-state index is 0. The van der Waals surface area contributed by atoms with Crippen LogP contribution in [0.4, 0.5) is 11.5 Å². The van der Waals surface area contributed by atoms with Gasteiger partial charge in [0.15, 0.2) is 0 Å². The Morgan fingerprint density at radius 1 is 1.03 bits per heavy atom. The van der Waals surface area contributed by atoms with Crippen LogP contribution in [-0.2, 0) is 4.79 Å². The summed E-state index contributed by atoms with van der Waals surface area (Å²) >= 11 is 0. The molecule has 1 aliphatic heterocycles. The standard InChI is InChI=1S/C25H34N4O2.ClH/c1-31-23-12-6-5-11-22(23)28-18-15-27(16-19-28)17-20-29(24-13-7-8-14-26-24)25(30)21-9-3-2-4-10-21;/h5-8,11-14,21H,2-4,9-10,15-20H2,1H3;1H/p-1. The summed E-state index contributed by atoms with van der Waals surface area (Å²) in [6.07, 6.45) is 7.39. The average molecular weight is 458 g/mol. The van der Waals surface area contributed by atoms with Gasteiger partial charge in [-0.25, -0.2) is 4.98 Å². The second-order valence-electron chi connectivity index (χ2n) is 8.51. The summed E-state index contributed by atoms with van der Waals surface area (Å²) in [5.41, 5.74) is 1.16. The molecule has 0 bridgehead atoms. The minimum absolute atomic E-state index is 0. The molecule has 2 heterocycles. The molecule has 1 aromatic heterocycles. The number of benzene rings is 1. The number of amides is 1. The molecule has 2 aliphatic rings. The Labute approximate surface area is 198 Å². The van der Waals surface area contributed by atoms with Crippen molar-refractivity contribution < 1.29 is 21.9 Å². The average Bonchev–Trinajstić information content (AvgIpc) is 2.85. The fourth-order valence-electron chi connectivity index (χ4n) is 4.77. The highest BCUT2D eigenvalue weighted by molar-refractivity contribution is 5.94.